The van der Waals surface area contributed by atoms with Gasteiger partial charge in [-0.15, -0.1) is 0 Å². The van der Waals surface area contributed by atoms with Crippen molar-refractivity contribution in [1.29, 1.82) is 0 Å². The van der Waals surface area contributed by atoms with Crippen molar-refractivity contribution in [3.8, 4) is 11.5 Å². The predicted octanol–water partition coefficient (Wildman–Crippen LogP) is 3.68. The van der Waals surface area contributed by atoms with Gasteiger partial charge >= 0.3 is 17.6 Å². The molecule has 156 valence electrons. The number of hydrogen-bond acceptors (Lipinski definition) is 9. The molecule has 0 saturated heterocycles. The molecule has 0 N–H and O–H groups in total. The molecule has 2 aromatic carbocycles. The first-order valence-corrected chi connectivity index (χ1v) is 8.34. The molecule has 0 aromatic heterocycles. The predicted molar refractivity (Wildman–Crippen MR) is 103 cm³/mol. The van der Waals surface area contributed by atoms with Crippen LogP contribution < -0.4 is 4.74 Å². The van der Waals surface area contributed by atoms with Crippen molar-refractivity contribution < 1.29 is 33.6 Å². The van der Waals surface area contributed by atoms with E-state index in [1.165, 1.54) is 18.2 Å². The summed E-state index contributed by atoms with van der Waals surface area (Å²) in [6.45, 7) is 0. The van der Waals surface area contributed by atoms with Crippen LogP contribution in [0.2, 0.25) is 5.02 Å². The molecule has 2 aromatic rings. The van der Waals surface area contributed by atoms with E-state index >= 15 is 0 Å². The summed E-state index contributed by atoms with van der Waals surface area (Å²) in [7, 11) is 2.13. The van der Waals surface area contributed by atoms with Gasteiger partial charge in [0.15, 0.2) is 0 Å². The second kappa shape index (κ2) is 9.47. The highest BCUT2D eigenvalue weighted by Crippen LogP contribution is 2.37. The van der Waals surface area contributed by atoms with Gasteiger partial charge in [-0.3, -0.25) is 20.2 Å². The summed E-state index contributed by atoms with van der Waals surface area (Å²) >= 11 is 5.97. The minimum atomic E-state index is -0.992. The van der Waals surface area contributed by atoms with Gasteiger partial charge in [-0.2, -0.15) is 0 Å². The lowest BCUT2D eigenvalue weighted by Gasteiger charge is -2.11. The van der Waals surface area contributed by atoms with Crippen molar-refractivity contribution in [1.82, 2.24) is 0 Å². The molecule has 11 nitrogen and oxygen atoms in total. The fourth-order valence-electron chi connectivity index (χ4n) is 2.27. The van der Waals surface area contributed by atoms with Crippen molar-refractivity contribution in [3.05, 3.63) is 72.8 Å². The molecule has 2 rings (SSSR count). The molecule has 0 fully saturated rings. The first-order chi connectivity index (χ1) is 14.2. The van der Waals surface area contributed by atoms with Crippen molar-refractivity contribution >= 4 is 41.0 Å². The largest absolute Gasteiger partial charge is 0.465 e. The molecule has 0 spiro atoms. The third-order valence-electron chi connectivity index (χ3n) is 3.65. The molecule has 0 amide bonds. The maximum absolute atomic E-state index is 11.9. The Kier molecular flexibility index (Phi) is 7.04. The fourth-order valence-corrected chi connectivity index (χ4v) is 2.45. The fraction of sp³-hybridized carbons (Fsp3) is 0.111. The smallest absolute Gasteiger partial charge is 0.345 e. The number of ether oxygens (including phenoxy) is 3. The minimum Gasteiger partial charge on any atom is -0.465 e. The number of hydrogen-bond donors (Lipinski definition) is 0. The average Bonchev–Trinajstić information content (AvgIpc) is 2.72. The molecule has 0 bridgehead atoms. The lowest BCUT2D eigenvalue weighted by molar-refractivity contribution is -0.394. The van der Waals surface area contributed by atoms with Gasteiger partial charge in [-0.1, -0.05) is 11.6 Å². The molecule has 0 radical (unpaired) electrons. The number of non-ortho nitro benzene ring substituents is 1. The van der Waals surface area contributed by atoms with Gasteiger partial charge in [0.05, 0.1) is 30.1 Å². The van der Waals surface area contributed by atoms with Crippen molar-refractivity contribution in [2.75, 3.05) is 14.2 Å². The molecular weight excluding hydrogens is 424 g/mol. The van der Waals surface area contributed by atoms with Crippen LogP contribution >= 0.6 is 11.6 Å². The van der Waals surface area contributed by atoms with Gasteiger partial charge in [-0.25, -0.2) is 9.59 Å². The summed E-state index contributed by atoms with van der Waals surface area (Å²) in [6.07, 6.45) is 1.08. The quantitative estimate of drug-likeness (QED) is 0.158. The Labute approximate surface area is 173 Å². The lowest BCUT2D eigenvalue weighted by Crippen LogP contribution is -2.15. The van der Waals surface area contributed by atoms with Crippen LogP contribution in [0.4, 0.5) is 11.4 Å². The molecule has 0 aliphatic heterocycles. The van der Waals surface area contributed by atoms with Crippen LogP contribution in [0.3, 0.4) is 0 Å². The number of nitro groups is 2. The first kappa shape index (κ1) is 22.3. The van der Waals surface area contributed by atoms with E-state index in [0.717, 1.165) is 38.5 Å². The van der Waals surface area contributed by atoms with Crippen LogP contribution in [0, 0.1) is 20.2 Å². The van der Waals surface area contributed by atoms with Crippen LogP contribution in [0.15, 0.2) is 42.0 Å². The van der Waals surface area contributed by atoms with Gasteiger partial charge in [0.2, 0.25) is 5.75 Å². The third-order valence-corrected chi connectivity index (χ3v) is 3.89. The van der Waals surface area contributed by atoms with Crippen molar-refractivity contribution in [2.24, 2.45) is 0 Å². The zero-order valence-corrected chi connectivity index (χ0v) is 16.2. The van der Waals surface area contributed by atoms with E-state index < -0.39 is 38.7 Å². The third kappa shape index (κ3) is 5.08. The minimum absolute atomic E-state index is 0.0262. The molecule has 0 unspecified atom stereocenters. The number of halogens is 1. The Bertz CT molecular complexity index is 1050. The van der Waals surface area contributed by atoms with Crippen molar-refractivity contribution in [3.63, 3.8) is 0 Å². The van der Waals surface area contributed by atoms with E-state index in [2.05, 4.69) is 9.47 Å². The number of esters is 2. The van der Waals surface area contributed by atoms with E-state index in [0.29, 0.717) is 0 Å². The monoisotopic (exact) mass is 436 g/mol. The molecule has 0 aliphatic carbocycles. The number of carbonyl (C=O) groups is 2. The summed E-state index contributed by atoms with van der Waals surface area (Å²) in [6, 6.07) is 6.91. The van der Waals surface area contributed by atoms with Gasteiger partial charge < -0.3 is 14.2 Å². The maximum atomic E-state index is 11.9. The summed E-state index contributed by atoms with van der Waals surface area (Å²) in [4.78, 5) is 44.3. The van der Waals surface area contributed by atoms with E-state index in [1.54, 1.807) is 0 Å². The highest BCUT2D eigenvalue weighted by Gasteiger charge is 2.24. The molecule has 0 heterocycles. The maximum Gasteiger partial charge on any atom is 0.345 e. The van der Waals surface area contributed by atoms with Gasteiger partial charge in [-0.05, 0) is 30.3 Å². The average molecular weight is 437 g/mol. The SMILES string of the molecule is COC(=O)C(=Cc1cc(Cl)ccc1Oc1ccc([N+](=O)[O-])cc1[N+](=O)[O-])C(=O)OC. The van der Waals surface area contributed by atoms with E-state index in [4.69, 9.17) is 16.3 Å². The highest BCUT2D eigenvalue weighted by atomic mass is 35.5. The summed E-state index contributed by atoms with van der Waals surface area (Å²) in [5.41, 5.74) is -1.54. The topological polar surface area (TPSA) is 148 Å². The van der Waals surface area contributed by atoms with Crippen LogP contribution in [0.25, 0.3) is 6.08 Å². The molecular formula is C18H13ClN2O9. The van der Waals surface area contributed by atoms with E-state index in [1.807, 2.05) is 0 Å². The van der Waals surface area contributed by atoms with Crippen molar-refractivity contribution in [2.45, 2.75) is 0 Å². The van der Waals surface area contributed by atoms with Crippen LogP contribution in [-0.4, -0.2) is 36.0 Å². The molecule has 0 saturated carbocycles. The summed E-state index contributed by atoms with van der Waals surface area (Å²) < 4.78 is 14.6. The van der Waals surface area contributed by atoms with E-state index in [9.17, 15) is 29.8 Å². The first-order valence-electron chi connectivity index (χ1n) is 7.96. The number of rotatable bonds is 7. The molecule has 0 atom stereocenters. The normalized spacial score (nSPS) is 9.97. The number of carbonyl (C=O) groups excluding carboxylic acids is 2. The number of methoxy groups -OCH3 is 2. The highest BCUT2D eigenvalue weighted by molar-refractivity contribution is 6.30. The van der Waals surface area contributed by atoms with Gasteiger partial charge in [0.1, 0.15) is 11.3 Å². The van der Waals surface area contributed by atoms with Gasteiger partial charge in [0.25, 0.3) is 5.69 Å². The zero-order chi connectivity index (χ0) is 22.4. The molecule has 12 heteroatoms. The van der Waals surface area contributed by atoms with Crippen LogP contribution in [0.1, 0.15) is 5.56 Å². The van der Waals surface area contributed by atoms with Crippen LogP contribution in [0.5, 0.6) is 11.5 Å². The van der Waals surface area contributed by atoms with Crippen LogP contribution in [-0.2, 0) is 19.1 Å². The number of benzene rings is 2. The summed E-state index contributed by atoms with van der Waals surface area (Å²) in [5.74, 6) is -2.31. The Morgan fingerprint density at radius 3 is 2.07 bits per heavy atom. The standard InChI is InChI=1S/C18H13ClN2O9/c1-28-17(22)13(18(23)29-2)8-10-7-11(19)3-5-15(10)30-16-6-4-12(20(24)25)9-14(16)21(26)27/h3-9H,1-2H3. The second-order valence-corrected chi connectivity index (χ2v) is 5.93. The lowest BCUT2D eigenvalue weighted by atomic mass is 10.1. The number of nitrogens with zero attached hydrogens (tertiary/aromatic N) is 2. The van der Waals surface area contributed by atoms with Gasteiger partial charge in [0, 0.05) is 16.7 Å². The number of nitro benzene ring substituents is 2. The Morgan fingerprint density at radius 2 is 1.53 bits per heavy atom. The van der Waals surface area contributed by atoms with E-state index in [-0.39, 0.29) is 22.1 Å². The Morgan fingerprint density at radius 1 is 0.933 bits per heavy atom. The summed E-state index contributed by atoms with van der Waals surface area (Å²) in [5, 5.41) is 22.4. The zero-order valence-electron chi connectivity index (χ0n) is 15.5. The Hall–Kier alpha value is -3.99. The molecule has 0 aliphatic rings. The second-order valence-electron chi connectivity index (χ2n) is 5.49. The Balaban J connectivity index is 2.59. The molecule has 30 heavy (non-hydrogen) atoms.